The van der Waals surface area contributed by atoms with Crippen molar-refractivity contribution in [3.05, 3.63) is 83.3 Å². The number of amides is 1. The lowest BCUT2D eigenvalue weighted by Crippen LogP contribution is -2.20. The molecule has 1 N–H and O–H groups in total. The summed E-state index contributed by atoms with van der Waals surface area (Å²) >= 11 is 3.38. The number of carbonyl (C=O) groups is 1. The van der Waals surface area contributed by atoms with Crippen LogP contribution in [0.4, 0.5) is 5.69 Å². The Morgan fingerprint density at radius 2 is 1.67 bits per heavy atom. The van der Waals surface area contributed by atoms with Gasteiger partial charge in [0.1, 0.15) is 5.75 Å². The highest BCUT2D eigenvalue weighted by Gasteiger charge is 2.08. The van der Waals surface area contributed by atoms with Crippen LogP contribution in [-0.2, 0) is 4.79 Å². The monoisotopic (exact) mass is 381 g/mol. The van der Waals surface area contributed by atoms with E-state index < -0.39 is 0 Å². The number of hydrogen-bond acceptors (Lipinski definition) is 2. The molecule has 0 saturated carbocycles. The van der Waals surface area contributed by atoms with Crippen LogP contribution in [0.25, 0.3) is 11.1 Å². The Morgan fingerprint density at radius 1 is 0.917 bits per heavy atom. The third kappa shape index (κ3) is 4.24. The van der Waals surface area contributed by atoms with Crippen LogP contribution in [0.15, 0.2) is 83.3 Å². The van der Waals surface area contributed by atoms with Gasteiger partial charge in [0.05, 0.1) is 0 Å². The number of benzene rings is 3. The zero-order valence-corrected chi connectivity index (χ0v) is 14.5. The lowest BCUT2D eigenvalue weighted by Gasteiger charge is -2.12. The Hall–Kier alpha value is -2.59. The highest BCUT2D eigenvalue weighted by atomic mass is 79.9. The Bertz CT molecular complexity index is 834. The summed E-state index contributed by atoms with van der Waals surface area (Å²) in [6.07, 6.45) is 0. The van der Waals surface area contributed by atoms with Gasteiger partial charge >= 0.3 is 0 Å². The van der Waals surface area contributed by atoms with Crippen molar-refractivity contribution in [2.75, 3.05) is 11.9 Å². The van der Waals surface area contributed by atoms with E-state index in [1.54, 1.807) is 0 Å². The van der Waals surface area contributed by atoms with Crippen LogP contribution in [0.2, 0.25) is 0 Å². The molecule has 0 aliphatic heterocycles. The molecular weight excluding hydrogens is 366 g/mol. The highest BCUT2D eigenvalue weighted by Crippen LogP contribution is 2.29. The predicted molar refractivity (Wildman–Crippen MR) is 100 cm³/mol. The molecule has 0 bridgehead atoms. The molecule has 3 aromatic carbocycles. The van der Waals surface area contributed by atoms with Gasteiger partial charge in [-0.15, -0.1) is 0 Å². The van der Waals surface area contributed by atoms with E-state index in [2.05, 4.69) is 21.2 Å². The van der Waals surface area contributed by atoms with E-state index in [9.17, 15) is 4.79 Å². The molecule has 4 heteroatoms. The lowest BCUT2D eigenvalue weighted by molar-refractivity contribution is -0.118. The molecule has 0 saturated heterocycles. The fraction of sp³-hybridized carbons (Fsp3) is 0.0500. The Morgan fingerprint density at radius 3 is 2.46 bits per heavy atom. The smallest absolute Gasteiger partial charge is 0.262 e. The van der Waals surface area contributed by atoms with E-state index in [1.807, 2.05) is 78.9 Å². The van der Waals surface area contributed by atoms with Gasteiger partial charge in [-0.1, -0.05) is 70.5 Å². The van der Waals surface area contributed by atoms with Crippen molar-refractivity contribution in [1.29, 1.82) is 0 Å². The van der Waals surface area contributed by atoms with E-state index in [0.29, 0.717) is 5.75 Å². The molecule has 3 nitrogen and oxygen atoms in total. The number of halogens is 1. The first-order valence-corrected chi connectivity index (χ1v) is 8.34. The summed E-state index contributed by atoms with van der Waals surface area (Å²) < 4.78 is 6.64. The summed E-state index contributed by atoms with van der Waals surface area (Å²) in [6, 6.07) is 25.1. The van der Waals surface area contributed by atoms with E-state index in [4.69, 9.17) is 4.74 Å². The van der Waals surface area contributed by atoms with E-state index in [0.717, 1.165) is 21.3 Å². The van der Waals surface area contributed by atoms with Crippen molar-refractivity contribution in [3.8, 4) is 16.9 Å². The van der Waals surface area contributed by atoms with Gasteiger partial charge in [-0.2, -0.15) is 0 Å². The van der Waals surface area contributed by atoms with Crippen molar-refractivity contribution in [2.24, 2.45) is 0 Å². The molecule has 1 amide bonds. The number of carbonyl (C=O) groups excluding carboxylic acids is 1. The quantitative estimate of drug-likeness (QED) is 0.664. The maximum atomic E-state index is 12.1. The fourth-order valence-electron chi connectivity index (χ4n) is 2.36. The summed E-state index contributed by atoms with van der Waals surface area (Å²) in [4.78, 5) is 12.1. The molecule has 0 radical (unpaired) electrons. The van der Waals surface area contributed by atoms with Crippen LogP contribution < -0.4 is 10.1 Å². The lowest BCUT2D eigenvalue weighted by atomic mass is 10.1. The maximum Gasteiger partial charge on any atom is 0.262 e. The van der Waals surface area contributed by atoms with Crippen molar-refractivity contribution < 1.29 is 9.53 Å². The number of anilines is 1. The second-order valence-corrected chi connectivity index (χ2v) is 6.13. The molecule has 0 aliphatic carbocycles. The van der Waals surface area contributed by atoms with Gasteiger partial charge in [0.25, 0.3) is 5.91 Å². The Labute approximate surface area is 149 Å². The zero-order valence-electron chi connectivity index (χ0n) is 12.9. The Kier molecular flexibility index (Phi) is 5.29. The average molecular weight is 382 g/mol. The molecule has 0 aliphatic rings. The second kappa shape index (κ2) is 7.79. The third-order valence-corrected chi connectivity index (χ3v) is 3.93. The van der Waals surface area contributed by atoms with Crippen LogP contribution in [0.1, 0.15) is 0 Å². The topological polar surface area (TPSA) is 38.3 Å². The maximum absolute atomic E-state index is 12.1. The SMILES string of the molecule is O=C(COc1ccccc1-c1ccccc1)Nc1cccc(Br)c1. The summed E-state index contributed by atoms with van der Waals surface area (Å²) in [6.45, 7) is -0.0453. The van der Waals surface area contributed by atoms with Crippen LogP contribution in [0, 0.1) is 0 Å². The molecule has 24 heavy (non-hydrogen) atoms. The fourth-order valence-corrected chi connectivity index (χ4v) is 2.75. The minimum Gasteiger partial charge on any atom is -0.483 e. The minimum absolute atomic E-state index is 0.0453. The molecule has 3 rings (SSSR count). The molecule has 0 spiro atoms. The number of ether oxygens (including phenoxy) is 1. The van der Waals surface area contributed by atoms with Gasteiger partial charge in [0.15, 0.2) is 6.61 Å². The molecule has 0 atom stereocenters. The molecule has 0 aromatic heterocycles. The first-order valence-electron chi connectivity index (χ1n) is 7.55. The average Bonchev–Trinajstić information content (AvgIpc) is 2.61. The number of hydrogen-bond donors (Lipinski definition) is 1. The number of nitrogens with one attached hydrogen (secondary N) is 1. The van der Waals surface area contributed by atoms with Crippen LogP contribution >= 0.6 is 15.9 Å². The van der Waals surface area contributed by atoms with Crippen LogP contribution in [0.3, 0.4) is 0 Å². The van der Waals surface area contributed by atoms with Gasteiger partial charge in [-0.25, -0.2) is 0 Å². The van der Waals surface area contributed by atoms with Gasteiger partial charge in [-0.3, -0.25) is 4.79 Å². The van der Waals surface area contributed by atoms with Gasteiger partial charge in [0.2, 0.25) is 0 Å². The van der Waals surface area contributed by atoms with Gasteiger partial charge in [0, 0.05) is 15.7 Å². The predicted octanol–water partition coefficient (Wildman–Crippen LogP) is 5.13. The number of rotatable bonds is 5. The zero-order chi connectivity index (χ0) is 16.8. The number of para-hydroxylation sites is 1. The summed E-state index contributed by atoms with van der Waals surface area (Å²) in [5.74, 6) is 0.490. The normalized spacial score (nSPS) is 10.2. The van der Waals surface area contributed by atoms with Gasteiger partial charge in [-0.05, 0) is 29.8 Å². The minimum atomic E-state index is -0.198. The van der Waals surface area contributed by atoms with E-state index in [-0.39, 0.29) is 12.5 Å². The van der Waals surface area contributed by atoms with Crippen molar-refractivity contribution in [2.45, 2.75) is 0 Å². The molecular formula is C20H16BrNO2. The van der Waals surface area contributed by atoms with Crippen molar-refractivity contribution >= 4 is 27.5 Å². The molecule has 3 aromatic rings. The van der Waals surface area contributed by atoms with Gasteiger partial charge < -0.3 is 10.1 Å². The third-order valence-electron chi connectivity index (χ3n) is 3.44. The largest absolute Gasteiger partial charge is 0.483 e. The molecule has 120 valence electrons. The highest BCUT2D eigenvalue weighted by molar-refractivity contribution is 9.10. The van der Waals surface area contributed by atoms with Crippen LogP contribution in [-0.4, -0.2) is 12.5 Å². The van der Waals surface area contributed by atoms with E-state index >= 15 is 0 Å². The summed E-state index contributed by atoms with van der Waals surface area (Å²) in [7, 11) is 0. The second-order valence-electron chi connectivity index (χ2n) is 5.21. The van der Waals surface area contributed by atoms with Crippen LogP contribution in [0.5, 0.6) is 5.75 Å². The first-order chi connectivity index (χ1) is 11.7. The summed E-state index contributed by atoms with van der Waals surface area (Å²) in [5, 5.41) is 2.82. The van der Waals surface area contributed by atoms with E-state index in [1.165, 1.54) is 0 Å². The molecule has 0 heterocycles. The van der Waals surface area contributed by atoms with Crippen molar-refractivity contribution in [3.63, 3.8) is 0 Å². The standard InChI is InChI=1S/C20H16BrNO2/c21-16-9-6-10-17(13-16)22-20(23)14-24-19-12-5-4-11-18(19)15-7-2-1-3-8-15/h1-13H,14H2,(H,22,23). The summed E-state index contributed by atoms with van der Waals surface area (Å²) in [5.41, 5.74) is 2.75. The van der Waals surface area contributed by atoms with Crippen molar-refractivity contribution in [1.82, 2.24) is 0 Å². The Balaban J connectivity index is 1.68. The molecule has 0 unspecified atom stereocenters. The first kappa shape index (κ1) is 16.3. The molecule has 0 fully saturated rings.